The molecule has 1 atom stereocenters. The van der Waals surface area contributed by atoms with Gasteiger partial charge in [-0.25, -0.2) is 5.32 Å². The number of rotatable bonds is 3. The minimum atomic E-state index is 0.577. The number of hydrogen-bond acceptors (Lipinski definition) is 2. The predicted octanol–water partition coefficient (Wildman–Crippen LogP) is -0.124. The first kappa shape index (κ1) is 7.76. The van der Waals surface area contributed by atoms with Gasteiger partial charge in [0.05, 0.1) is 0 Å². The molecule has 65 valence electrons. The van der Waals surface area contributed by atoms with E-state index >= 15 is 0 Å². The summed E-state index contributed by atoms with van der Waals surface area (Å²) >= 11 is 0. The Hall–Kier alpha value is -0.870. The summed E-state index contributed by atoms with van der Waals surface area (Å²) in [6.45, 7) is 2.86. The fraction of sp³-hybridized carbons (Fsp3) is 0.625. The van der Waals surface area contributed by atoms with Crippen molar-refractivity contribution in [3.63, 3.8) is 0 Å². The minimum absolute atomic E-state index is 0.577. The molecule has 4 nitrogen and oxygen atoms in total. The number of aromatic nitrogens is 2. The number of H-pyrrole nitrogens is 1. The molecule has 0 saturated carbocycles. The zero-order valence-corrected chi connectivity index (χ0v) is 6.95. The monoisotopic (exact) mass is 165 g/mol. The van der Waals surface area contributed by atoms with E-state index in [2.05, 4.69) is 20.8 Å². The van der Waals surface area contributed by atoms with Crippen LogP contribution in [0.1, 0.15) is 12.1 Å². The average Bonchev–Trinajstić information content (AvgIpc) is 2.74. The van der Waals surface area contributed by atoms with Crippen molar-refractivity contribution in [2.45, 2.75) is 19.0 Å². The zero-order chi connectivity index (χ0) is 8.23. The van der Waals surface area contributed by atoms with Gasteiger partial charge in [0.25, 0.3) is 0 Å². The number of aromatic amines is 1. The highest BCUT2D eigenvalue weighted by atomic mass is 15.1. The van der Waals surface area contributed by atoms with E-state index in [1.807, 2.05) is 6.07 Å². The summed E-state index contributed by atoms with van der Waals surface area (Å²) in [6, 6.07) is 2.56. The van der Waals surface area contributed by atoms with E-state index in [-0.39, 0.29) is 0 Å². The largest absolute Gasteiger partial charge is 0.307 e. The Kier molecular flexibility index (Phi) is 2.39. The molecule has 2 N–H and O–H groups in total. The third kappa shape index (κ3) is 1.84. The Morgan fingerprint density at radius 1 is 1.67 bits per heavy atom. The summed E-state index contributed by atoms with van der Waals surface area (Å²) in [5, 5.41) is 14.5. The van der Waals surface area contributed by atoms with Crippen molar-refractivity contribution < 1.29 is 0 Å². The van der Waals surface area contributed by atoms with Crippen LogP contribution in [0.5, 0.6) is 0 Å². The molecule has 1 aromatic heterocycles. The van der Waals surface area contributed by atoms with Gasteiger partial charge in [-0.3, -0.25) is 5.10 Å². The maximum absolute atomic E-state index is 4.28. The lowest BCUT2D eigenvalue weighted by Crippen LogP contribution is -2.29. The van der Waals surface area contributed by atoms with Crippen LogP contribution in [0.25, 0.3) is 0 Å². The predicted molar refractivity (Wildman–Crippen MR) is 45.7 cm³/mol. The van der Waals surface area contributed by atoms with Gasteiger partial charge in [-0.05, 0) is 12.5 Å². The van der Waals surface area contributed by atoms with Crippen LogP contribution >= 0.6 is 0 Å². The standard InChI is InChI=1S/C8H13N4/c1-3-9-5-7(1)10-6-8-2-4-11-12-8/h2,4,7,10H,1,3,5-6H2,(H,11,12). The third-order valence-electron chi connectivity index (χ3n) is 2.12. The van der Waals surface area contributed by atoms with Crippen LogP contribution in [-0.2, 0) is 6.54 Å². The van der Waals surface area contributed by atoms with Crippen LogP contribution in [-0.4, -0.2) is 29.3 Å². The second-order valence-corrected chi connectivity index (χ2v) is 3.08. The van der Waals surface area contributed by atoms with Gasteiger partial charge < -0.3 is 5.32 Å². The Balaban J connectivity index is 1.74. The Bertz CT molecular complexity index is 213. The van der Waals surface area contributed by atoms with Crippen molar-refractivity contribution in [3.05, 3.63) is 18.0 Å². The van der Waals surface area contributed by atoms with Crippen LogP contribution in [0.2, 0.25) is 0 Å². The van der Waals surface area contributed by atoms with E-state index < -0.39 is 0 Å². The molecule has 0 spiro atoms. The van der Waals surface area contributed by atoms with Crippen molar-refractivity contribution >= 4 is 0 Å². The van der Waals surface area contributed by atoms with Gasteiger partial charge in [0.1, 0.15) is 0 Å². The molecule has 1 fully saturated rings. The summed E-state index contributed by atoms with van der Waals surface area (Å²) in [4.78, 5) is 0. The average molecular weight is 165 g/mol. The fourth-order valence-corrected chi connectivity index (χ4v) is 1.39. The number of nitrogens with one attached hydrogen (secondary N) is 2. The lowest BCUT2D eigenvalue weighted by atomic mass is 10.2. The van der Waals surface area contributed by atoms with Crippen molar-refractivity contribution in [2.24, 2.45) is 0 Å². The summed E-state index contributed by atoms with van der Waals surface area (Å²) in [5.74, 6) is 0. The molecule has 0 aromatic carbocycles. The van der Waals surface area contributed by atoms with Crippen LogP contribution in [0.4, 0.5) is 0 Å². The van der Waals surface area contributed by atoms with E-state index in [1.165, 1.54) is 6.42 Å². The normalized spacial score (nSPS) is 23.2. The van der Waals surface area contributed by atoms with E-state index in [4.69, 9.17) is 0 Å². The van der Waals surface area contributed by atoms with Crippen LogP contribution in [0.15, 0.2) is 12.3 Å². The Labute approximate surface area is 71.7 Å². The van der Waals surface area contributed by atoms with E-state index in [0.717, 1.165) is 25.3 Å². The van der Waals surface area contributed by atoms with Gasteiger partial charge >= 0.3 is 0 Å². The molecule has 1 aromatic rings. The Morgan fingerprint density at radius 3 is 3.33 bits per heavy atom. The van der Waals surface area contributed by atoms with Crippen LogP contribution < -0.4 is 10.6 Å². The molecule has 4 heteroatoms. The number of hydrogen-bond donors (Lipinski definition) is 2. The minimum Gasteiger partial charge on any atom is -0.307 e. The van der Waals surface area contributed by atoms with Crippen molar-refractivity contribution in [3.8, 4) is 0 Å². The van der Waals surface area contributed by atoms with Crippen molar-refractivity contribution in [1.29, 1.82) is 0 Å². The SMILES string of the molecule is c1cc(CNC2CC[N]C2)[nH]n1. The first-order valence-corrected chi connectivity index (χ1v) is 4.30. The van der Waals surface area contributed by atoms with Crippen LogP contribution in [0, 0.1) is 0 Å². The molecule has 0 amide bonds. The zero-order valence-electron chi connectivity index (χ0n) is 6.95. The van der Waals surface area contributed by atoms with E-state index in [0.29, 0.717) is 6.04 Å². The molecule has 1 radical (unpaired) electrons. The fourth-order valence-electron chi connectivity index (χ4n) is 1.39. The van der Waals surface area contributed by atoms with Gasteiger partial charge in [-0.2, -0.15) is 5.10 Å². The molecule has 1 aliphatic heterocycles. The summed E-state index contributed by atoms with van der Waals surface area (Å²) in [5.41, 5.74) is 1.14. The first-order valence-electron chi connectivity index (χ1n) is 4.30. The molecule has 1 unspecified atom stereocenters. The summed E-state index contributed by atoms with van der Waals surface area (Å²) in [6.07, 6.45) is 2.95. The highest BCUT2D eigenvalue weighted by Gasteiger charge is 2.14. The van der Waals surface area contributed by atoms with Crippen molar-refractivity contribution in [1.82, 2.24) is 20.8 Å². The van der Waals surface area contributed by atoms with E-state index in [1.54, 1.807) is 6.20 Å². The second kappa shape index (κ2) is 3.69. The maximum atomic E-state index is 4.28. The Morgan fingerprint density at radius 2 is 2.67 bits per heavy atom. The summed E-state index contributed by atoms with van der Waals surface area (Å²) < 4.78 is 0. The molecule has 0 aliphatic carbocycles. The van der Waals surface area contributed by atoms with Gasteiger partial charge in [-0.15, -0.1) is 0 Å². The molecule has 1 aliphatic rings. The second-order valence-electron chi connectivity index (χ2n) is 3.08. The topological polar surface area (TPSA) is 54.8 Å². The van der Waals surface area contributed by atoms with Gasteiger partial charge in [0.2, 0.25) is 0 Å². The molecule has 0 bridgehead atoms. The molecule has 2 heterocycles. The lowest BCUT2D eigenvalue weighted by Gasteiger charge is -2.08. The molecular formula is C8H13N4. The quantitative estimate of drug-likeness (QED) is 0.656. The summed E-state index contributed by atoms with van der Waals surface area (Å²) in [7, 11) is 0. The van der Waals surface area contributed by atoms with Gasteiger partial charge in [-0.1, -0.05) is 0 Å². The highest BCUT2D eigenvalue weighted by Crippen LogP contribution is 2.00. The number of nitrogens with zero attached hydrogens (tertiary/aromatic N) is 2. The first-order chi connectivity index (χ1) is 5.95. The third-order valence-corrected chi connectivity index (χ3v) is 2.12. The molecular weight excluding hydrogens is 152 g/mol. The van der Waals surface area contributed by atoms with Gasteiger partial charge in [0, 0.05) is 37.6 Å². The lowest BCUT2D eigenvalue weighted by molar-refractivity contribution is 0.540. The molecule has 12 heavy (non-hydrogen) atoms. The van der Waals surface area contributed by atoms with Gasteiger partial charge in [0.15, 0.2) is 0 Å². The highest BCUT2D eigenvalue weighted by molar-refractivity contribution is 4.97. The van der Waals surface area contributed by atoms with E-state index in [9.17, 15) is 0 Å². The maximum Gasteiger partial charge on any atom is 0.0490 e. The molecule has 1 saturated heterocycles. The molecule has 2 rings (SSSR count). The van der Waals surface area contributed by atoms with Crippen molar-refractivity contribution in [2.75, 3.05) is 13.1 Å². The smallest absolute Gasteiger partial charge is 0.0490 e. The van der Waals surface area contributed by atoms with Crippen LogP contribution in [0.3, 0.4) is 0 Å².